The Morgan fingerprint density at radius 3 is 0.657 bits per heavy atom. The molecule has 0 nitrogen and oxygen atoms in total. The quantitative estimate of drug-likeness (QED) is 0.0781. The molecule has 0 aliphatic heterocycles. The van der Waals surface area contributed by atoms with E-state index in [1.54, 1.807) is 11.1 Å². The lowest BCUT2D eigenvalue weighted by atomic mass is 9.90. The summed E-state index contributed by atoms with van der Waals surface area (Å²) in [6.45, 7) is 9.84. The highest BCUT2D eigenvalue weighted by molar-refractivity contribution is 7.90. The maximum Gasteiger partial charge on any atom is 0.0995 e. The summed E-state index contributed by atoms with van der Waals surface area (Å²) in [7, 11) is -5.17. The highest BCUT2D eigenvalue weighted by Gasteiger charge is 2.47. The van der Waals surface area contributed by atoms with Crippen LogP contribution in [0.3, 0.4) is 0 Å². The lowest BCUT2D eigenvalue weighted by Gasteiger charge is -2.33. The van der Waals surface area contributed by atoms with E-state index in [9.17, 15) is 0 Å². The molecule has 0 saturated heterocycles. The van der Waals surface area contributed by atoms with Gasteiger partial charge in [0, 0.05) is 12.3 Å². The average Bonchev–Trinajstić information content (AvgIpc) is 3.42. The summed E-state index contributed by atoms with van der Waals surface area (Å²) in [6.07, 6.45) is 6.62. The van der Waals surface area contributed by atoms with Crippen molar-refractivity contribution in [2.24, 2.45) is 0 Å². The molecule has 6 heteroatoms. The van der Waals surface area contributed by atoms with Crippen molar-refractivity contribution in [1.82, 2.24) is 0 Å². The average molecular weight is 1030 g/mol. The van der Waals surface area contributed by atoms with Crippen molar-refractivity contribution < 1.29 is 24.8 Å². The van der Waals surface area contributed by atoms with Crippen LogP contribution in [0.5, 0.6) is 0 Å². The maximum atomic E-state index is 2.46. The molecule has 0 spiro atoms. The Balaban J connectivity index is 0.00000361. The molecule has 0 unspecified atom stereocenters. The smallest absolute Gasteiger partial charge is 0.0995 e. The molecular formula is C64H64Cl2P4. The molecule has 0 heterocycles. The number of hydrogen-bond donors (Lipinski definition) is 0. The predicted molar refractivity (Wildman–Crippen MR) is 309 cm³/mol. The molecule has 0 bridgehead atoms. The number of halogens is 2. The van der Waals surface area contributed by atoms with Gasteiger partial charge in [-0.15, -0.1) is 0 Å². The van der Waals surface area contributed by atoms with Crippen molar-refractivity contribution in [3.63, 3.8) is 0 Å². The normalized spacial score (nSPS) is 11.5. The Bertz CT molecular complexity index is 2580. The molecule has 9 aromatic carbocycles. The van der Waals surface area contributed by atoms with E-state index < -0.39 is 30.4 Å². The number of rotatable bonds is 18. The van der Waals surface area contributed by atoms with Gasteiger partial charge < -0.3 is 24.8 Å². The van der Waals surface area contributed by atoms with E-state index in [1.165, 1.54) is 64.7 Å². The molecule has 354 valence electrons. The van der Waals surface area contributed by atoms with Crippen molar-refractivity contribution >= 4 is 72.8 Å². The van der Waals surface area contributed by atoms with Crippen LogP contribution >= 0.6 is 30.4 Å². The van der Waals surface area contributed by atoms with Gasteiger partial charge in [-0.3, -0.25) is 0 Å². The first-order valence-corrected chi connectivity index (χ1v) is 31.6. The Labute approximate surface area is 435 Å². The first kappa shape index (κ1) is 53.1. The van der Waals surface area contributed by atoms with Crippen LogP contribution in [-0.4, -0.2) is 24.6 Å². The largest absolute Gasteiger partial charge is 1.00 e. The van der Waals surface area contributed by atoms with Gasteiger partial charge in [-0.1, -0.05) is 194 Å². The van der Waals surface area contributed by atoms with Crippen molar-refractivity contribution in [3.8, 4) is 0 Å². The zero-order valence-corrected chi connectivity index (χ0v) is 46.0. The lowest BCUT2D eigenvalue weighted by Crippen LogP contribution is -3.00. The fraction of sp³-hybridized carbons (Fsp3) is 0.156. The monoisotopic (exact) mass is 1030 g/mol. The van der Waals surface area contributed by atoms with E-state index in [-0.39, 0.29) is 24.8 Å². The minimum atomic E-state index is -2.02. The summed E-state index contributed by atoms with van der Waals surface area (Å²) in [4.78, 5) is 0. The van der Waals surface area contributed by atoms with Crippen molar-refractivity contribution in [2.75, 3.05) is 24.6 Å². The third-order valence-electron chi connectivity index (χ3n) is 14.5. The highest BCUT2D eigenvalue weighted by Crippen LogP contribution is 2.64. The summed E-state index contributed by atoms with van der Waals surface area (Å²) in [5.74, 6) is 0. The van der Waals surface area contributed by atoms with Gasteiger partial charge >= 0.3 is 0 Å². The summed E-state index contributed by atoms with van der Waals surface area (Å²) in [5, 5.41) is 11.9. The van der Waals surface area contributed by atoms with Crippen LogP contribution in [-0.2, 0) is 12.3 Å². The molecule has 0 aliphatic carbocycles. The first-order chi connectivity index (χ1) is 33.4. The molecule has 9 aromatic rings. The second-order valence-corrected chi connectivity index (χ2v) is 30.3. The molecule has 0 atom stereocenters. The summed E-state index contributed by atoms with van der Waals surface area (Å²) >= 11 is 0. The van der Waals surface area contributed by atoms with E-state index in [2.05, 4.69) is 270 Å². The van der Waals surface area contributed by atoms with E-state index in [0.717, 1.165) is 37.0 Å². The summed E-state index contributed by atoms with van der Waals surface area (Å²) < 4.78 is 0. The predicted octanol–water partition coefficient (Wildman–Crippen LogP) is 7.53. The van der Waals surface area contributed by atoms with E-state index in [0.29, 0.717) is 0 Å². The Kier molecular flexibility index (Phi) is 19.0. The van der Waals surface area contributed by atoms with Crippen LogP contribution in [0.1, 0.15) is 33.4 Å². The summed E-state index contributed by atoms with van der Waals surface area (Å²) in [5.41, 5.74) is 9.00. The number of hydrogen-bond acceptors (Lipinski definition) is 0. The van der Waals surface area contributed by atoms with Gasteiger partial charge in [0.05, 0.1) is 60.4 Å². The van der Waals surface area contributed by atoms with Gasteiger partial charge in [-0.2, -0.15) is 0 Å². The minimum Gasteiger partial charge on any atom is -1.00 e. The van der Waals surface area contributed by atoms with Gasteiger partial charge in [0.2, 0.25) is 0 Å². The SMILES string of the molecule is Cc1c(C)c(C[P+](CCP(c2ccccc2)c2ccccc2)(c2ccccc2)c2ccccc2)c(C)c(C)c1C[P+](CCP(c1ccccc1)c1ccccc1)(c1ccccc1)c1ccccc1.[Cl-].[Cl-]. The minimum absolute atomic E-state index is 0. The Morgan fingerprint density at radius 1 is 0.271 bits per heavy atom. The topological polar surface area (TPSA) is 0 Å². The van der Waals surface area contributed by atoms with Gasteiger partial charge in [-0.25, -0.2) is 0 Å². The van der Waals surface area contributed by atoms with Crippen molar-refractivity contribution in [3.05, 3.63) is 276 Å². The number of benzene rings is 9. The molecular weight excluding hydrogens is 964 g/mol. The van der Waals surface area contributed by atoms with Crippen LogP contribution < -0.4 is 67.3 Å². The summed E-state index contributed by atoms with van der Waals surface area (Å²) in [6, 6.07) is 91.9. The fourth-order valence-corrected chi connectivity index (χ4v) is 26.2. The van der Waals surface area contributed by atoms with Gasteiger partial charge in [0.1, 0.15) is 0 Å². The Morgan fingerprint density at radius 2 is 0.457 bits per heavy atom. The third kappa shape index (κ3) is 11.6. The molecule has 0 N–H and O–H groups in total. The van der Waals surface area contributed by atoms with Crippen LogP contribution in [0, 0.1) is 27.7 Å². The van der Waals surface area contributed by atoms with Crippen molar-refractivity contribution in [2.45, 2.75) is 40.0 Å². The Hall–Kier alpha value is -4.72. The third-order valence-corrected chi connectivity index (χ3v) is 29.0. The molecule has 9 rings (SSSR count). The molecule has 0 amide bonds. The van der Waals surface area contributed by atoms with Gasteiger partial charge in [0.15, 0.2) is 0 Å². The fourth-order valence-electron chi connectivity index (χ4n) is 10.5. The van der Waals surface area contributed by atoms with Crippen molar-refractivity contribution in [1.29, 1.82) is 0 Å². The van der Waals surface area contributed by atoms with Crippen LogP contribution in [0.25, 0.3) is 0 Å². The zero-order chi connectivity index (χ0) is 46.8. The first-order valence-electron chi connectivity index (χ1n) is 24.2. The van der Waals surface area contributed by atoms with Gasteiger partial charge in [-0.05, 0) is 147 Å². The van der Waals surface area contributed by atoms with Crippen LogP contribution in [0.15, 0.2) is 243 Å². The van der Waals surface area contributed by atoms with Crippen LogP contribution in [0.2, 0.25) is 0 Å². The molecule has 0 radical (unpaired) electrons. The zero-order valence-electron chi connectivity index (χ0n) is 40.9. The molecule has 0 fully saturated rings. The second-order valence-electron chi connectivity index (χ2n) is 18.1. The van der Waals surface area contributed by atoms with E-state index in [4.69, 9.17) is 0 Å². The van der Waals surface area contributed by atoms with E-state index in [1.807, 2.05) is 0 Å². The molecule has 0 aromatic heterocycles. The maximum absolute atomic E-state index is 2.46. The highest BCUT2D eigenvalue weighted by atomic mass is 35.5. The molecule has 70 heavy (non-hydrogen) atoms. The molecule has 0 saturated carbocycles. The van der Waals surface area contributed by atoms with Crippen LogP contribution in [0.4, 0.5) is 0 Å². The van der Waals surface area contributed by atoms with Gasteiger partial charge in [0.25, 0.3) is 0 Å². The second kappa shape index (κ2) is 25.1. The molecule has 0 aliphatic rings. The lowest BCUT2D eigenvalue weighted by molar-refractivity contribution is -0.001000. The van der Waals surface area contributed by atoms with E-state index >= 15 is 0 Å². The standard InChI is InChI=1S/C64H64P4.2ClH/c1-51-52(2)64(50-68(61-41-25-11-26-42-61,62-43-27-12-28-44-62)48-46-66(57-33-17-7-18-34-57)58-35-19-8-20-36-58)54(4)53(3)63(51)49-67(59-37-21-9-22-38-59,60-39-23-10-24-40-60)47-45-65(55-29-13-5-14-30-55)56-31-15-6-16-32-56;;/h5-44H,45-50H2,1-4H3;2*1H/q+2;;/p-2.